The molecule has 0 amide bonds. The van der Waals surface area contributed by atoms with E-state index in [1.807, 2.05) is 6.08 Å². The SMILES string of the molecule is C.CC(C)=CCC/C=C/CCl. The summed E-state index contributed by atoms with van der Waals surface area (Å²) >= 11 is 5.44. The van der Waals surface area contributed by atoms with Crippen molar-refractivity contribution in [2.24, 2.45) is 0 Å². The quantitative estimate of drug-likeness (QED) is 0.341. The van der Waals surface area contributed by atoms with Crippen LogP contribution in [0.5, 0.6) is 0 Å². The molecule has 0 bridgehead atoms. The lowest BCUT2D eigenvalue weighted by Crippen LogP contribution is -1.68. The maximum atomic E-state index is 5.44. The smallest absolute Gasteiger partial charge is 0.0404 e. The molecule has 11 heavy (non-hydrogen) atoms. The van der Waals surface area contributed by atoms with Crippen LogP contribution in [0.3, 0.4) is 0 Å². The Hall–Kier alpha value is -0.230. The normalized spacial score (nSPS) is 9.36. The average molecular weight is 175 g/mol. The molecule has 0 aromatic rings. The molecule has 0 aromatic carbocycles. The van der Waals surface area contributed by atoms with Crippen molar-refractivity contribution in [3.05, 3.63) is 23.8 Å². The molecule has 66 valence electrons. The summed E-state index contributed by atoms with van der Waals surface area (Å²) in [5.41, 5.74) is 1.39. The molecular formula is C10H19Cl. The summed E-state index contributed by atoms with van der Waals surface area (Å²) in [6.07, 6.45) is 8.58. The van der Waals surface area contributed by atoms with Crippen molar-refractivity contribution in [2.75, 3.05) is 5.88 Å². The fourth-order valence-corrected chi connectivity index (χ4v) is 0.775. The molecule has 0 aliphatic rings. The van der Waals surface area contributed by atoms with Gasteiger partial charge in [-0.1, -0.05) is 31.2 Å². The molecule has 0 fully saturated rings. The second-order valence-electron chi connectivity index (χ2n) is 2.48. The van der Waals surface area contributed by atoms with E-state index in [4.69, 9.17) is 11.6 Å². The zero-order valence-electron chi connectivity index (χ0n) is 6.73. The number of rotatable bonds is 4. The van der Waals surface area contributed by atoms with Crippen LogP contribution in [0.4, 0.5) is 0 Å². The lowest BCUT2D eigenvalue weighted by molar-refractivity contribution is 1.03. The van der Waals surface area contributed by atoms with E-state index in [9.17, 15) is 0 Å². The van der Waals surface area contributed by atoms with Crippen molar-refractivity contribution in [3.63, 3.8) is 0 Å². The summed E-state index contributed by atoms with van der Waals surface area (Å²) < 4.78 is 0. The van der Waals surface area contributed by atoms with Gasteiger partial charge in [0.05, 0.1) is 0 Å². The summed E-state index contributed by atoms with van der Waals surface area (Å²) in [5, 5.41) is 0. The molecule has 0 spiro atoms. The van der Waals surface area contributed by atoms with E-state index in [1.165, 1.54) is 5.57 Å². The number of allylic oxidation sites excluding steroid dienone is 4. The van der Waals surface area contributed by atoms with Gasteiger partial charge in [0.25, 0.3) is 0 Å². The largest absolute Gasteiger partial charge is 0.122 e. The molecule has 0 aliphatic heterocycles. The summed E-state index contributed by atoms with van der Waals surface area (Å²) in [5.74, 6) is 0.634. The number of hydrogen-bond donors (Lipinski definition) is 0. The van der Waals surface area contributed by atoms with Crippen molar-refractivity contribution in [3.8, 4) is 0 Å². The molecule has 0 unspecified atom stereocenters. The van der Waals surface area contributed by atoms with Gasteiger partial charge < -0.3 is 0 Å². The van der Waals surface area contributed by atoms with Crippen LogP contribution < -0.4 is 0 Å². The minimum atomic E-state index is 0. The van der Waals surface area contributed by atoms with Crippen LogP contribution in [0.15, 0.2) is 23.8 Å². The Morgan fingerprint density at radius 2 is 1.82 bits per heavy atom. The van der Waals surface area contributed by atoms with Crippen LogP contribution in [0, 0.1) is 0 Å². The lowest BCUT2D eigenvalue weighted by atomic mass is 10.2. The number of unbranched alkanes of at least 4 members (excludes halogenated alkanes) is 1. The van der Waals surface area contributed by atoms with E-state index in [1.54, 1.807) is 0 Å². The van der Waals surface area contributed by atoms with Crippen LogP contribution >= 0.6 is 11.6 Å². The Morgan fingerprint density at radius 1 is 1.18 bits per heavy atom. The summed E-state index contributed by atoms with van der Waals surface area (Å²) in [6, 6.07) is 0. The maximum Gasteiger partial charge on any atom is 0.0404 e. The van der Waals surface area contributed by atoms with Gasteiger partial charge in [0.2, 0.25) is 0 Å². The fraction of sp³-hybridized carbons (Fsp3) is 0.600. The van der Waals surface area contributed by atoms with Gasteiger partial charge in [0.1, 0.15) is 0 Å². The van der Waals surface area contributed by atoms with E-state index in [0.29, 0.717) is 5.88 Å². The van der Waals surface area contributed by atoms with Gasteiger partial charge in [-0.2, -0.15) is 0 Å². The minimum Gasteiger partial charge on any atom is -0.122 e. The molecule has 0 N–H and O–H groups in total. The van der Waals surface area contributed by atoms with Gasteiger partial charge in [-0.25, -0.2) is 0 Å². The topological polar surface area (TPSA) is 0 Å². The highest BCUT2D eigenvalue weighted by atomic mass is 35.5. The van der Waals surface area contributed by atoms with Gasteiger partial charge in [-0.15, -0.1) is 11.6 Å². The van der Waals surface area contributed by atoms with Gasteiger partial charge >= 0.3 is 0 Å². The van der Waals surface area contributed by atoms with Crippen molar-refractivity contribution in [2.45, 2.75) is 34.1 Å². The fourth-order valence-electron chi connectivity index (χ4n) is 0.649. The summed E-state index contributed by atoms with van der Waals surface area (Å²) in [4.78, 5) is 0. The number of halogens is 1. The molecule has 0 radical (unpaired) electrons. The van der Waals surface area contributed by atoms with Crippen molar-refractivity contribution in [1.82, 2.24) is 0 Å². The lowest BCUT2D eigenvalue weighted by Gasteiger charge is -1.88. The Morgan fingerprint density at radius 3 is 2.27 bits per heavy atom. The van der Waals surface area contributed by atoms with Crippen molar-refractivity contribution >= 4 is 11.6 Å². The number of alkyl halides is 1. The van der Waals surface area contributed by atoms with Crippen LogP contribution in [0.25, 0.3) is 0 Å². The monoisotopic (exact) mass is 174 g/mol. The zero-order valence-corrected chi connectivity index (χ0v) is 7.49. The van der Waals surface area contributed by atoms with E-state index in [2.05, 4.69) is 26.0 Å². The Kier molecular flexibility index (Phi) is 11.9. The van der Waals surface area contributed by atoms with E-state index >= 15 is 0 Å². The highest BCUT2D eigenvalue weighted by Gasteiger charge is 1.77. The van der Waals surface area contributed by atoms with Crippen LogP contribution in [0.1, 0.15) is 34.1 Å². The third-order valence-electron chi connectivity index (χ3n) is 1.14. The van der Waals surface area contributed by atoms with Crippen molar-refractivity contribution < 1.29 is 0 Å². The van der Waals surface area contributed by atoms with Crippen LogP contribution in [0.2, 0.25) is 0 Å². The molecule has 0 saturated heterocycles. The minimum absolute atomic E-state index is 0. The van der Waals surface area contributed by atoms with E-state index in [0.717, 1.165) is 12.8 Å². The first-order chi connectivity index (χ1) is 4.77. The summed E-state index contributed by atoms with van der Waals surface area (Å²) in [7, 11) is 0. The second kappa shape index (κ2) is 9.77. The van der Waals surface area contributed by atoms with Crippen molar-refractivity contribution in [1.29, 1.82) is 0 Å². The third-order valence-corrected chi connectivity index (χ3v) is 1.32. The predicted octanol–water partition coefficient (Wildman–Crippen LogP) is 4.16. The van der Waals surface area contributed by atoms with Gasteiger partial charge in [-0.3, -0.25) is 0 Å². The molecule has 0 saturated carbocycles. The Bertz CT molecular complexity index is 119. The first kappa shape index (κ1) is 13.4. The molecule has 0 aliphatic carbocycles. The van der Waals surface area contributed by atoms with Gasteiger partial charge in [-0.05, 0) is 26.7 Å². The first-order valence-corrected chi connectivity index (χ1v) is 4.15. The van der Waals surface area contributed by atoms with E-state index in [-0.39, 0.29) is 7.43 Å². The van der Waals surface area contributed by atoms with Gasteiger partial charge in [0, 0.05) is 5.88 Å². The third kappa shape index (κ3) is 12.9. The Labute approximate surface area is 76.0 Å². The van der Waals surface area contributed by atoms with E-state index < -0.39 is 0 Å². The maximum absolute atomic E-state index is 5.44. The molecule has 0 aromatic heterocycles. The second-order valence-corrected chi connectivity index (χ2v) is 2.79. The highest BCUT2D eigenvalue weighted by molar-refractivity contribution is 6.18. The molecular weight excluding hydrogens is 156 g/mol. The summed E-state index contributed by atoms with van der Waals surface area (Å²) in [6.45, 7) is 4.23. The number of hydrogen-bond acceptors (Lipinski definition) is 0. The molecule has 0 rings (SSSR count). The molecule has 0 atom stereocenters. The molecule has 0 nitrogen and oxygen atoms in total. The Balaban J connectivity index is 0. The van der Waals surface area contributed by atoms with Crippen LogP contribution in [-0.4, -0.2) is 5.88 Å². The first-order valence-electron chi connectivity index (χ1n) is 3.61. The zero-order chi connectivity index (χ0) is 7.82. The molecule has 0 heterocycles. The average Bonchev–Trinajstić information content (AvgIpc) is 1.87. The predicted molar refractivity (Wildman–Crippen MR) is 55.3 cm³/mol. The molecule has 1 heteroatoms. The van der Waals surface area contributed by atoms with Gasteiger partial charge in [0.15, 0.2) is 0 Å². The van der Waals surface area contributed by atoms with Crippen LogP contribution in [-0.2, 0) is 0 Å². The highest BCUT2D eigenvalue weighted by Crippen LogP contribution is 1.97. The standard InChI is InChI=1S/C9H15Cl.CH4/c1-9(2)7-5-3-4-6-8-10;/h4,6-7H,3,5,8H2,1-2H3;1H4/b6-4+;.